The number of unbranched alkanes of at least 4 members (excludes halogenated alkanes) is 3. The molecule has 0 unspecified atom stereocenters. The number of amides is 1. The van der Waals surface area contributed by atoms with Crippen LogP contribution < -0.4 is 10.5 Å². The van der Waals surface area contributed by atoms with Gasteiger partial charge >= 0.3 is 0 Å². The first kappa shape index (κ1) is 17.7. The standard InChI is InChI=1S/C15H24N2O3S/c1-4-5-6-7-8-17-15(18)13-10-14(21(16,19)20)12(3)9-11(13)2/h9-10H,4-8H2,1-3H3,(H,17,18)(H2,16,19,20). The van der Waals surface area contributed by atoms with E-state index in [1.54, 1.807) is 19.9 Å². The highest BCUT2D eigenvalue weighted by Crippen LogP contribution is 2.19. The molecular formula is C15H24N2O3S. The van der Waals surface area contributed by atoms with Gasteiger partial charge in [-0.3, -0.25) is 4.79 Å². The van der Waals surface area contributed by atoms with Gasteiger partial charge in [-0.1, -0.05) is 32.3 Å². The summed E-state index contributed by atoms with van der Waals surface area (Å²) in [6.07, 6.45) is 4.29. The molecule has 0 aliphatic rings. The Morgan fingerprint density at radius 1 is 1.14 bits per heavy atom. The summed E-state index contributed by atoms with van der Waals surface area (Å²) in [4.78, 5) is 12.1. The molecule has 21 heavy (non-hydrogen) atoms. The van der Waals surface area contributed by atoms with Crippen molar-refractivity contribution >= 4 is 15.9 Å². The predicted molar refractivity (Wildman–Crippen MR) is 83.8 cm³/mol. The summed E-state index contributed by atoms with van der Waals surface area (Å²) < 4.78 is 23.0. The molecular weight excluding hydrogens is 288 g/mol. The van der Waals surface area contributed by atoms with Crippen molar-refractivity contribution < 1.29 is 13.2 Å². The molecule has 0 radical (unpaired) electrons. The van der Waals surface area contributed by atoms with Crippen LogP contribution in [0.25, 0.3) is 0 Å². The van der Waals surface area contributed by atoms with Crippen molar-refractivity contribution in [3.63, 3.8) is 0 Å². The number of hydrogen-bond donors (Lipinski definition) is 2. The molecule has 0 spiro atoms. The van der Waals surface area contributed by atoms with Gasteiger partial charge < -0.3 is 5.32 Å². The van der Waals surface area contributed by atoms with Crippen LogP contribution in [0.4, 0.5) is 0 Å². The van der Waals surface area contributed by atoms with E-state index in [9.17, 15) is 13.2 Å². The van der Waals surface area contributed by atoms with Gasteiger partial charge in [0.2, 0.25) is 10.0 Å². The van der Waals surface area contributed by atoms with Crippen molar-refractivity contribution in [1.82, 2.24) is 5.32 Å². The third kappa shape index (κ3) is 5.13. The van der Waals surface area contributed by atoms with Crippen LogP contribution in [0.3, 0.4) is 0 Å². The Labute approximate surface area is 127 Å². The zero-order valence-corrected chi connectivity index (χ0v) is 13.7. The van der Waals surface area contributed by atoms with Crippen LogP contribution in [0.2, 0.25) is 0 Å². The van der Waals surface area contributed by atoms with E-state index in [1.165, 1.54) is 6.07 Å². The number of sulfonamides is 1. The van der Waals surface area contributed by atoms with Gasteiger partial charge in [0, 0.05) is 12.1 Å². The lowest BCUT2D eigenvalue weighted by Gasteiger charge is -2.11. The molecule has 118 valence electrons. The molecule has 1 aromatic rings. The Balaban J connectivity index is 2.85. The molecule has 3 N–H and O–H groups in total. The molecule has 0 saturated heterocycles. The lowest BCUT2D eigenvalue weighted by atomic mass is 10.0. The molecule has 1 rings (SSSR count). The zero-order valence-electron chi connectivity index (χ0n) is 12.9. The molecule has 0 fully saturated rings. The summed E-state index contributed by atoms with van der Waals surface area (Å²) in [5.74, 6) is -0.256. The predicted octanol–water partition coefficient (Wildman–Crippen LogP) is 2.26. The van der Waals surface area contributed by atoms with Gasteiger partial charge in [-0.15, -0.1) is 0 Å². The van der Waals surface area contributed by atoms with E-state index >= 15 is 0 Å². The molecule has 5 nitrogen and oxygen atoms in total. The Kier molecular flexibility index (Phi) is 6.36. The fourth-order valence-corrected chi connectivity index (χ4v) is 3.02. The Bertz CT molecular complexity index is 610. The van der Waals surface area contributed by atoms with Crippen LogP contribution in [0.5, 0.6) is 0 Å². The molecule has 1 amide bonds. The van der Waals surface area contributed by atoms with E-state index in [0.717, 1.165) is 31.2 Å². The normalized spacial score (nSPS) is 11.4. The van der Waals surface area contributed by atoms with Crippen LogP contribution in [0.15, 0.2) is 17.0 Å². The van der Waals surface area contributed by atoms with Crippen LogP contribution >= 0.6 is 0 Å². The van der Waals surface area contributed by atoms with Crippen LogP contribution in [0.1, 0.15) is 54.1 Å². The molecule has 0 heterocycles. The lowest BCUT2D eigenvalue weighted by molar-refractivity contribution is 0.0952. The number of aryl methyl sites for hydroxylation is 2. The van der Waals surface area contributed by atoms with Crippen molar-refractivity contribution in [3.8, 4) is 0 Å². The summed E-state index contributed by atoms with van der Waals surface area (Å²) in [5, 5.41) is 7.99. The average molecular weight is 312 g/mol. The minimum Gasteiger partial charge on any atom is -0.352 e. The van der Waals surface area contributed by atoms with Crippen molar-refractivity contribution in [2.45, 2.75) is 51.3 Å². The van der Waals surface area contributed by atoms with E-state index in [1.807, 2.05) is 0 Å². The minimum atomic E-state index is -3.82. The Morgan fingerprint density at radius 2 is 1.81 bits per heavy atom. The highest BCUT2D eigenvalue weighted by Gasteiger charge is 2.17. The van der Waals surface area contributed by atoms with E-state index in [2.05, 4.69) is 12.2 Å². The van der Waals surface area contributed by atoms with Gasteiger partial charge in [0.1, 0.15) is 0 Å². The first-order chi connectivity index (χ1) is 9.77. The molecule has 0 aliphatic heterocycles. The van der Waals surface area contributed by atoms with Gasteiger partial charge in [0.25, 0.3) is 5.91 Å². The maximum atomic E-state index is 12.1. The van der Waals surface area contributed by atoms with E-state index in [0.29, 0.717) is 17.7 Å². The molecule has 0 atom stereocenters. The van der Waals surface area contributed by atoms with E-state index in [-0.39, 0.29) is 10.8 Å². The van der Waals surface area contributed by atoms with Gasteiger partial charge in [-0.25, -0.2) is 13.6 Å². The van der Waals surface area contributed by atoms with E-state index in [4.69, 9.17) is 5.14 Å². The second kappa shape index (κ2) is 7.56. The Hall–Kier alpha value is -1.40. The summed E-state index contributed by atoms with van der Waals surface area (Å²) in [5.41, 5.74) is 1.65. The first-order valence-electron chi connectivity index (χ1n) is 7.19. The van der Waals surface area contributed by atoms with Crippen LogP contribution in [-0.2, 0) is 10.0 Å². The highest BCUT2D eigenvalue weighted by atomic mass is 32.2. The van der Waals surface area contributed by atoms with E-state index < -0.39 is 10.0 Å². The van der Waals surface area contributed by atoms with Crippen molar-refractivity contribution in [3.05, 3.63) is 28.8 Å². The number of nitrogens with two attached hydrogens (primary N) is 1. The second-order valence-electron chi connectivity index (χ2n) is 5.29. The van der Waals surface area contributed by atoms with Gasteiger partial charge in [0.15, 0.2) is 0 Å². The highest BCUT2D eigenvalue weighted by molar-refractivity contribution is 7.89. The van der Waals surface area contributed by atoms with Crippen LogP contribution in [-0.4, -0.2) is 20.9 Å². The average Bonchev–Trinajstić information content (AvgIpc) is 2.36. The monoisotopic (exact) mass is 312 g/mol. The summed E-state index contributed by atoms with van der Waals surface area (Å²) in [7, 11) is -3.82. The molecule has 6 heteroatoms. The number of hydrogen-bond acceptors (Lipinski definition) is 3. The smallest absolute Gasteiger partial charge is 0.251 e. The lowest BCUT2D eigenvalue weighted by Crippen LogP contribution is -2.26. The SMILES string of the molecule is CCCCCCNC(=O)c1cc(S(N)(=O)=O)c(C)cc1C. The molecule has 0 bridgehead atoms. The maximum Gasteiger partial charge on any atom is 0.251 e. The molecule has 0 saturated carbocycles. The number of carbonyl (C=O) groups is 1. The third-order valence-corrected chi connectivity index (χ3v) is 4.44. The number of carbonyl (C=O) groups excluding carboxylic acids is 1. The number of primary sulfonamides is 1. The summed E-state index contributed by atoms with van der Waals surface area (Å²) in [6.45, 7) is 6.17. The third-order valence-electron chi connectivity index (χ3n) is 3.39. The van der Waals surface area contributed by atoms with Crippen molar-refractivity contribution in [2.75, 3.05) is 6.54 Å². The summed E-state index contributed by atoms with van der Waals surface area (Å²) in [6, 6.07) is 3.03. The Morgan fingerprint density at radius 3 is 2.38 bits per heavy atom. The van der Waals surface area contributed by atoms with Gasteiger partial charge in [-0.2, -0.15) is 0 Å². The van der Waals surface area contributed by atoms with Crippen molar-refractivity contribution in [2.24, 2.45) is 5.14 Å². The van der Waals surface area contributed by atoms with Gasteiger partial charge in [-0.05, 0) is 37.5 Å². The summed E-state index contributed by atoms with van der Waals surface area (Å²) >= 11 is 0. The largest absolute Gasteiger partial charge is 0.352 e. The second-order valence-corrected chi connectivity index (χ2v) is 6.82. The fourth-order valence-electron chi connectivity index (χ4n) is 2.23. The first-order valence-corrected chi connectivity index (χ1v) is 8.74. The molecule has 1 aromatic carbocycles. The number of benzene rings is 1. The number of rotatable bonds is 7. The maximum absolute atomic E-state index is 12.1. The topological polar surface area (TPSA) is 89.3 Å². The number of nitrogens with one attached hydrogen (secondary N) is 1. The quantitative estimate of drug-likeness (QED) is 0.757. The minimum absolute atomic E-state index is 0.00392. The molecule has 0 aromatic heterocycles. The fraction of sp³-hybridized carbons (Fsp3) is 0.533. The van der Waals surface area contributed by atoms with Gasteiger partial charge in [0.05, 0.1) is 4.90 Å². The van der Waals surface area contributed by atoms with Crippen molar-refractivity contribution in [1.29, 1.82) is 0 Å². The van der Waals surface area contributed by atoms with Crippen LogP contribution in [0, 0.1) is 13.8 Å². The molecule has 0 aliphatic carbocycles. The zero-order chi connectivity index (χ0) is 16.0.